The van der Waals surface area contributed by atoms with Crippen molar-refractivity contribution in [1.82, 2.24) is 9.55 Å². The van der Waals surface area contributed by atoms with E-state index in [9.17, 15) is 13.2 Å². The van der Waals surface area contributed by atoms with Gasteiger partial charge in [-0.2, -0.15) is 0 Å². The first-order chi connectivity index (χ1) is 12.3. The molecule has 10 heteroatoms. The van der Waals surface area contributed by atoms with Gasteiger partial charge in [-0.15, -0.1) is 0 Å². The number of nitrogens with two attached hydrogens (primary N) is 1. The first-order valence-corrected chi connectivity index (χ1v) is 9.66. The number of aromatic nitrogens is 2. The Morgan fingerprint density at radius 2 is 1.85 bits per heavy atom. The standard InChI is InChI=1S/C16H13Cl2N3O4S/c17-10-7-13-15(14(18)8-10)20-9-21(16(13)22)5-6-25-11-1-3-12(4-2-11)26(19,23)24/h1-4,7-9H,5-6H2,(H2,19,23,24). The van der Waals surface area contributed by atoms with E-state index in [1.54, 1.807) is 0 Å². The SMILES string of the molecule is NS(=O)(=O)c1ccc(OCCn2cnc3c(Cl)cc(Cl)cc3c2=O)cc1. The molecule has 0 aliphatic rings. The van der Waals surface area contributed by atoms with Crippen molar-refractivity contribution in [2.24, 2.45) is 5.14 Å². The molecule has 26 heavy (non-hydrogen) atoms. The topological polar surface area (TPSA) is 104 Å². The summed E-state index contributed by atoms with van der Waals surface area (Å²) in [4.78, 5) is 16.7. The molecular weight excluding hydrogens is 401 g/mol. The number of rotatable bonds is 5. The van der Waals surface area contributed by atoms with Crippen LogP contribution in [0.3, 0.4) is 0 Å². The Bertz CT molecular complexity index is 1130. The van der Waals surface area contributed by atoms with Crippen molar-refractivity contribution in [1.29, 1.82) is 0 Å². The maximum Gasteiger partial charge on any atom is 0.261 e. The van der Waals surface area contributed by atoms with Crippen LogP contribution in [0.1, 0.15) is 0 Å². The number of sulfonamides is 1. The number of hydrogen-bond acceptors (Lipinski definition) is 5. The van der Waals surface area contributed by atoms with Gasteiger partial charge in [-0.25, -0.2) is 18.5 Å². The van der Waals surface area contributed by atoms with Gasteiger partial charge in [0.05, 0.1) is 33.7 Å². The second-order valence-corrected chi connectivity index (χ2v) is 7.80. The molecule has 0 unspecified atom stereocenters. The summed E-state index contributed by atoms with van der Waals surface area (Å²) < 4.78 is 29.3. The van der Waals surface area contributed by atoms with Gasteiger partial charge in [-0.1, -0.05) is 23.2 Å². The smallest absolute Gasteiger partial charge is 0.261 e. The van der Waals surface area contributed by atoms with E-state index in [0.717, 1.165) is 0 Å². The molecule has 2 aromatic carbocycles. The van der Waals surface area contributed by atoms with Gasteiger partial charge < -0.3 is 4.74 Å². The number of primary sulfonamides is 1. The Morgan fingerprint density at radius 3 is 2.50 bits per heavy atom. The molecule has 0 saturated heterocycles. The molecule has 0 saturated carbocycles. The monoisotopic (exact) mass is 413 g/mol. The summed E-state index contributed by atoms with van der Waals surface area (Å²) in [5, 5.41) is 6.02. The molecule has 0 bridgehead atoms. The first-order valence-electron chi connectivity index (χ1n) is 7.35. The highest BCUT2D eigenvalue weighted by Gasteiger charge is 2.10. The number of hydrogen-bond donors (Lipinski definition) is 1. The molecule has 0 spiro atoms. The minimum atomic E-state index is -3.75. The van der Waals surface area contributed by atoms with Gasteiger partial charge in [0.2, 0.25) is 10.0 Å². The molecule has 7 nitrogen and oxygen atoms in total. The molecule has 0 aliphatic heterocycles. The van der Waals surface area contributed by atoms with Gasteiger partial charge in [0.25, 0.3) is 5.56 Å². The number of ether oxygens (including phenoxy) is 1. The number of fused-ring (bicyclic) bond motifs is 1. The zero-order chi connectivity index (χ0) is 18.9. The lowest BCUT2D eigenvalue weighted by Crippen LogP contribution is -2.23. The van der Waals surface area contributed by atoms with Crippen LogP contribution >= 0.6 is 23.2 Å². The quantitative estimate of drug-likeness (QED) is 0.691. The number of benzene rings is 2. The summed E-state index contributed by atoms with van der Waals surface area (Å²) in [6, 6.07) is 8.70. The van der Waals surface area contributed by atoms with E-state index in [0.29, 0.717) is 26.7 Å². The van der Waals surface area contributed by atoms with Gasteiger partial charge in [-0.05, 0) is 36.4 Å². The van der Waals surface area contributed by atoms with Crippen molar-refractivity contribution >= 4 is 44.1 Å². The normalized spacial score (nSPS) is 11.7. The van der Waals surface area contributed by atoms with E-state index < -0.39 is 10.0 Å². The molecule has 0 amide bonds. The predicted molar refractivity (Wildman–Crippen MR) is 99.3 cm³/mol. The van der Waals surface area contributed by atoms with Crippen LogP contribution in [-0.2, 0) is 16.6 Å². The third-order valence-corrected chi connectivity index (χ3v) is 5.03. The van der Waals surface area contributed by atoms with Gasteiger partial charge in [0, 0.05) is 5.02 Å². The third-order valence-electron chi connectivity index (χ3n) is 3.60. The highest BCUT2D eigenvalue weighted by atomic mass is 35.5. The molecule has 136 valence electrons. The Hall–Kier alpha value is -2.13. The summed E-state index contributed by atoms with van der Waals surface area (Å²) in [5.74, 6) is 0.449. The predicted octanol–water partition coefficient (Wildman–Crippen LogP) is 2.43. The van der Waals surface area contributed by atoms with E-state index in [4.69, 9.17) is 33.1 Å². The molecule has 2 N–H and O–H groups in total. The lowest BCUT2D eigenvalue weighted by Gasteiger charge is -2.10. The second-order valence-electron chi connectivity index (χ2n) is 5.39. The van der Waals surface area contributed by atoms with E-state index in [1.165, 1.54) is 47.3 Å². The first kappa shape index (κ1) is 18.7. The van der Waals surface area contributed by atoms with E-state index in [1.807, 2.05) is 0 Å². The fourth-order valence-electron chi connectivity index (χ4n) is 2.34. The van der Waals surface area contributed by atoms with Crippen LogP contribution < -0.4 is 15.4 Å². The van der Waals surface area contributed by atoms with Crippen molar-refractivity contribution in [2.45, 2.75) is 11.4 Å². The van der Waals surface area contributed by atoms with Crippen LogP contribution in [0.25, 0.3) is 10.9 Å². The zero-order valence-corrected chi connectivity index (χ0v) is 15.6. The van der Waals surface area contributed by atoms with Gasteiger partial charge in [0.1, 0.15) is 12.4 Å². The van der Waals surface area contributed by atoms with Crippen LogP contribution in [0.4, 0.5) is 0 Å². The summed E-state index contributed by atoms with van der Waals surface area (Å²) in [6.07, 6.45) is 1.39. The Balaban J connectivity index is 1.74. The zero-order valence-electron chi connectivity index (χ0n) is 13.2. The fourth-order valence-corrected chi connectivity index (χ4v) is 3.40. The highest BCUT2D eigenvalue weighted by molar-refractivity contribution is 7.89. The lowest BCUT2D eigenvalue weighted by molar-refractivity contribution is 0.296. The minimum Gasteiger partial charge on any atom is -0.492 e. The van der Waals surface area contributed by atoms with Crippen molar-refractivity contribution in [3.8, 4) is 5.75 Å². The Kier molecular flexibility index (Phi) is 5.19. The van der Waals surface area contributed by atoms with Crippen LogP contribution in [0.5, 0.6) is 5.75 Å². The molecule has 1 aromatic heterocycles. The molecular formula is C16H13Cl2N3O4S. The molecule has 1 heterocycles. The number of halogens is 2. The largest absolute Gasteiger partial charge is 0.492 e. The minimum absolute atomic E-state index is 0.00597. The fraction of sp³-hybridized carbons (Fsp3) is 0.125. The molecule has 3 rings (SSSR count). The van der Waals surface area contributed by atoms with Gasteiger partial charge in [-0.3, -0.25) is 9.36 Å². The second kappa shape index (κ2) is 7.24. The molecule has 0 fully saturated rings. The summed E-state index contributed by atoms with van der Waals surface area (Å²) in [6.45, 7) is 0.416. The highest BCUT2D eigenvalue weighted by Crippen LogP contribution is 2.24. The maximum atomic E-state index is 12.5. The Morgan fingerprint density at radius 1 is 1.15 bits per heavy atom. The van der Waals surface area contributed by atoms with Crippen molar-refractivity contribution in [3.63, 3.8) is 0 Å². The van der Waals surface area contributed by atoms with Crippen molar-refractivity contribution in [3.05, 3.63) is 63.1 Å². The molecule has 0 atom stereocenters. The Labute approximate surface area is 159 Å². The van der Waals surface area contributed by atoms with Crippen molar-refractivity contribution in [2.75, 3.05) is 6.61 Å². The molecule has 0 radical (unpaired) electrons. The van der Waals surface area contributed by atoms with E-state index in [2.05, 4.69) is 4.98 Å². The maximum absolute atomic E-state index is 12.5. The summed E-state index contributed by atoms with van der Waals surface area (Å²) in [7, 11) is -3.75. The molecule has 0 aliphatic carbocycles. The number of nitrogens with zero attached hydrogens (tertiary/aromatic N) is 2. The van der Waals surface area contributed by atoms with Crippen LogP contribution in [0.2, 0.25) is 10.0 Å². The molecule has 3 aromatic rings. The van der Waals surface area contributed by atoms with Gasteiger partial charge in [0.15, 0.2) is 0 Å². The summed E-state index contributed by atoms with van der Waals surface area (Å²) in [5.41, 5.74) is 0.101. The van der Waals surface area contributed by atoms with Crippen molar-refractivity contribution < 1.29 is 13.2 Å². The summed E-state index contributed by atoms with van der Waals surface area (Å²) >= 11 is 12.0. The van der Waals surface area contributed by atoms with Crippen LogP contribution in [0.15, 0.2) is 52.4 Å². The third kappa shape index (κ3) is 3.99. The average Bonchev–Trinajstić information content (AvgIpc) is 2.57. The van der Waals surface area contributed by atoms with E-state index in [-0.39, 0.29) is 23.6 Å². The average molecular weight is 414 g/mol. The lowest BCUT2D eigenvalue weighted by atomic mass is 10.2. The van der Waals surface area contributed by atoms with Gasteiger partial charge >= 0.3 is 0 Å². The van der Waals surface area contributed by atoms with Crippen LogP contribution in [0, 0.1) is 0 Å². The van der Waals surface area contributed by atoms with Crippen LogP contribution in [-0.4, -0.2) is 24.6 Å². The van der Waals surface area contributed by atoms with E-state index >= 15 is 0 Å².